The predicted molar refractivity (Wildman–Crippen MR) is 127 cm³/mol. The lowest BCUT2D eigenvalue weighted by molar-refractivity contribution is -0.142. The summed E-state index contributed by atoms with van der Waals surface area (Å²) >= 11 is 0. The van der Waals surface area contributed by atoms with Crippen molar-refractivity contribution in [3.8, 4) is 16.9 Å². The third-order valence-electron chi connectivity index (χ3n) is 5.16. The first-order chi connectivity index (χ1) is 17.2. The number of rotatable bonds is 7. The highest BCUT2D eigenvalue weighted by Crippen LogP contribution is 2.33. The van der Waals surface area contributed by atoms with Gasteiger partial charge in [0.25, 0.3) is 0 Å². The second kappa shape index (κ2) is 10.2. The van der Waals surface area contributed by atoms with E-state index >= 15 is 0 Å². The largest absolute Gasteiger partial charge is 0.497 e. The molecule has 36 heavy (non-hydrogen) atoms. The number of aromatic nitrogens is 3. The van der Waals surface area contributed by atoms with Gasteiger partial charge in [0.1, 0.15) is 11.8 Å². The van der Waals surface area contributed by atoms with Crippen molar-refractivity contribution in [1.82, 2.24) is 20.4 Å². The van der Waals surface area contributed by atoms with Crippen molar-refractivity contribution in [2.45, 2.75) is 26.1 Å². The number of alkyl halides is 3. The fraction of sp³-hybridized carbons (Fsp3) is 0.250. The van der Waals surface area contributed by atoms with Crippen LogP contribution >= 0.6 is 0 Å². The quantitative estimate of drug-likeness (QED) is 0.453. The highest BCUT2D eigenvalue weighted by Gasteiger charge is 2.41. The number of aryl methyl sites for hydroxylation is 1. The second-order valence-corrected chi connectivity index (χ2v) is 7.84. The van der Waals surface area contributed by atoms with E-state index in [-0.39, 0.29) is 23.9 Å². The van der Waals surface area contributed by atoms with E-state index in [9.17, 15) is 18.0 Å². The number of hydrogen-bond donors (Lipinski definition) is 2. The predicted octanol–water partition coefficient (Wildman–Crippen LogP) is 4.55. The van der Waals surface area contributed by atoms with Crippen LogP contribution in [0, 0.1) is 6.92 Å². The minimum atomic E-state index is -4.50. The summed E-state index contributed by atoms with van der Waals surface area (Å²) in [6, 6.07) is 5.07. The van der Waals surface area contributed by atoms with Gasteiger partial charge >= 0.3 is 12.1 Å². The van der Waals surface area contributed by atoms with Gasteiger partial charge in [0.05, 0.1) is 19.3 Å². The first-order valence-corrected chi connectivity index (χ1v) is 10.9. The summed E-state index contributed by atoms with van der Waals surface area (Å²) in [6.07, 6.45) is 1.98. The number of hydrazine groups is 1. The smallest absolute Gasteiger partial charge is 0.409 e. The maximum absolute atomic E-state index is 13.3. The minimum Gasteiger partial charge on any atom is -0.497 e. The number of methoxy groups -OCH3 is 1. The Balaban J connectivity index is 1.74. The van der Waals surface area contributed by atoms with Gasteiger partial charge in [-0.2, -0.15) is 18.2 Å². The molecule has 0 fully saturated rings. The molecule has 1 unspecified atom stereocenters. The van der Waals surface area contributed by atoms with Crippen LogP contribution in [0.5, 0.6) is 5.75 Å². The maximum Gasteiger partial charge on any atom is 0.409 e. The topological polar surface area (TPSA) is 102 Å². The number of pyridine rings is 1. The monoisotopic (exact) mass is 500 g/mol. The Bertz CT molecular complexity index is 1300. The fourth-order valence-electron chi connectivity index (χ4n) is 3.52. The molecule has 1 aromatic carbocycles. The summed E-state index contributed by atoms with van der Waals surface area (Å²) in [4.78, 5) is 25.1. The average molecular weight is 500 g/mol. The Hall–Kier alpha value is -4.19. The summed E-state index contributed by atoms with van der Waals surface area (Å²) in [5.41, 5.74) is 4.90. The zero-order chi connectivity index (χ0) is 25.9. The number of carbonyl (C=O) groups is 1. The molecule has 2 N–H and O–H groups in total. The highest BCUT2D eigenvalue weighted by atomic mass is 19.4. The zero-order valence-electron chi connectivity index (χ0n) is 19.6. The molecule has 0 amide bonds. The number of carbonyl (C=O) groups excluding carboxylic acids is 1. The van der Waals surface area contributed by atoms with Crippen molar-refractivity contribution in [3.63, 3.8) is 0 Å². The summed E-state index contributed by atoms with van der Waals surface area (Å²) in [5, 5.41) is 4.22. The molecular weight excluding hydrogens is 477 g/mol. The van der Waals surface area contributed by atoms with Crippen molar-refractivity contribution in [2.75, 3.05) is 24.0 Å². The molecule has 0 spiro atoms. The number of nitrogens with zero attached hydrogens (tertiary/aromatic N) is 4. The van der Waals surface area contributed by atoms with E-state index in [0.29, 0.717) is 22.6 Å². The molecule has 3 heterocycles. The molecule has 0 saturated carbocycles. The number of halogens is 3. The third kappa shape index (κ3) is 5.54. The first kappa shape index (κ1) is 24.9. The van der Waals surface area contributed by atoms with Crippen molar-refractivity contribution >= 4 is 23.4 Å². The van der Waals surface area contributed by atoms with Gasteiger partial charge in [0.15, 0.2) is 5.82 Å². The Kier molecular flexibility index (Phi) is 7.06. The van der Waals surface area contributed by atoms with E-state index in [1.165, 1.54) is 30.9 Å². The van der Waals surface area contributed by atoms with Crippen molar-refractivity contribution in [2.24, 2.45) is 0 Å². The molecule has 1 aliphatic rings. The van der Waals surface area contributed by atoms with Crippen LogP contribution in [0.15, 0.2) is 55.1 Å². The highest BCUT2D eigenvalue weighted by molar-refractivity contribution is 5.91. The van der Waals surface area contributed by atoms with E-state index in [1.807, 2.05) is 19.1 Å². The fourth-order valence-corrected chi connectivity index (χ4v) is 3.52. The molecule has 1 aliphatic heterocycles. The average Bonchev–Trinajstić information content (AvgIpc) is 3.35. The standard InChI is InChI=1S/C24H23F3N6O3/c1-4-36-22(34)16-9-15(11-28-12-16)19-13-29-23(30-17-7-14(2)8-18(10-17)35-3)31-21(19)33-6-5-20(32-33)24(25,26)27/h5-13,20,32H,4H2,1-3H3,(H,29,30,31). The minimum absolute atomic E-state index is 0.123. The maximum atomic E-state index is 13.3. The van der Waals surface area contributed by atoms with Gasteiger partial charge in [-0.1, -0.05) is 0 Å². The lowest BCUT2D eigenvalue weighted by atomic mass is 10.1. The normalized spacial score (nSPS) is 15.2. The molecule has 0 radical (unpaired) electrons. The van der Waals surface area contributed by atoms with E-state index in [2.05, 4.69) is 25.7 Å². The van der Waals surface area contributed by atoms with Gasteiger partial charge in [0.2, 0.25) is 5.95 Å². The van der Waals surface area contributed by atoms with Crippen molar-refractivity contribution in [1.29, 1.82) is 0 Å². The number of anilines is 3. The molecule has 0 saturated heterocycles. The molecule has 0 bridgehead atoms. The summed E-state index contributed by atoms with van der Waals surface area (Å²) in [7, 11) is 1.54. The molecule has 188 valence electrons. The molecule has 9 nitrogen and oxygen atoms in total. The van der Waals surface area contributed by atoms with E-state index in [0.717, 1.165) is 16.6 Å². The van der Waals surface area contributed by atoms with Gasteiger partial charge in [-0.15, -0.1) is 0 Å². The van der Waals surface area contributed by atoms with Crippen LogP contribution in [0.1, 0.15) is 22.8 Å². The molecule has 4 rings (SSSR count). The number of hydrogen-bond acceptors (Lipinski definition) is 9. The molecular formula is C24H23F3N6O3. The Morgan fingerprint density at radius 3 is 2.69 bits per heavy atom. The van der Waals surface area contributed by atoms with Crippen LogP contribution in [-0.2, 0) is 4.74 Å². The van der Waals surface area contributed by atoms with Crippen LogP contribution in [-0.4, -0.2) is 46.9 Å². The second-order valence-electron chi connectivity index (χ2n) is 7.84. The third-order valence-corrected chi connectivity index (χ3v) is 5.16. The van der Waals surface area contributed by atoms with Gasteiger partial charge < -0.3 is 14.8 Å². The van der Waals surface area contributed by atoms with E-state index in [1.54, 1.807) is 20.1 Å². The Labute approximate surface area is 205 Å². The molecule has 1 atom stereocenters. The van der Waals surface area contributed by atoms with Crippen LogP contribution in [0.3, 0.4) is 0 Å². The number of esters is 1. The van der Waals surface area contributed by atoms with Crippen molar-refractivity contribution < 1.29 is 27.4 Å². The van der Waals surface area contributed by atoms with Crippen molar-refractivity contribution in [3.05, 3.63) is 66.3 Å². The van der Waals surface area contributed by atoms with E-state index < -0.39 is 18.2 Å². The van der Waals surface area contributed by atoms with E-state index in [4.69, 9.17) is 9.47 Å². The van der Waals surface area contributed by atoms with Gasteiger partial charge in [0, 0.05) is 47.7 Å². The number of ether oxygens (including phenoxy) is 2. The first-order valence-electron chi connectivity index (χ1n) is 10.9. The van der Waals surface area contributed by atoms with Gasteiger partial charge in [-0.3, -0.25) is 9.99 Å². The van der Waals surface area contributed by atoms with Gasteiger partial charge in [-0.25, -0.2) is 15.2 Å². The summed E-state index contributed by atoms with van der Waals surface area (Å²) in [6.45, 7) is 3.75. The van der Waals surface area contributed by atoms with Crippen LogP contribution in [0.4, 0.5) is 30.6 Å². The molecule has 12 heteroatoms. The molecule has 2 aromatic heterocycles. The SMILES string of the molecule is CCOC(=O)c1cncc(-c2cnc(Nc3cc(C)cc(OC)c3)nc2N2C=CC(C(F)(F)F)N2)c1. The Morgan fingerprint density at radius 1 is 1.19 bits per heavy atom. The number of benzene rings is 1. The summed E-state index contributed by atoms with van der Waals surface area (Å²) in [5.74, 6) is 0.310. The lowest BCUT2D eigenvalue weighted by Gasteiger charge is -2.23. The molecule has 3 aromatic rings. The number of nitrogens with one attached hydrogen (secondary N) is 2. The Morgan fingerprint density at radius 2 is 2.00 bits per heavy atom. The van der Waals surface area contributed by atoms with Gasteiger partial charge in [-0.05, 0) is 43.7 Å². The zero-order valence-corrected chi connectivity index (χ0v) is 19.6. The van der Waals surface area contributed by atoms with Crippen LogP contribution < -0.4 is 20.5 Å². The lowest BCUT2D eigenvalue weighted by Crippen LogP contribution is -2.44. The molecule has 0 aliphatic carbocycles. The summed E-state index contributed by atoms with van der Waals surface area (Å²) < 4.78 is 50.2. The van der Waals surface area contributed by atoms with Crippen LogP contribution in [0.25, 0.3) is 11.1 Å². The van der Waals surface area contributed by atoms with Crippen LogP contribution in [0.2, 0.25) is 0 Å².